The first-order chi connectivity index (χ1) is 8.80. The molecule has 1 aromatic rings. The molecule has 106 valence electrons. The SMILES string of the molecule is Cc1cccc(C(=O)NCC(C)(O)CCC(C)C)c1. The van der Waals surface area contributed by atoms with Crippen molar-refractivity contribution in [3.8, 4) is 0 Å². The van der Waals surface area contributed by atoms with E-state index in [-0.39, 0.29) is 12.5 Å². The van der Waals surface area contributed by atoms with Crippen molar-refractivity contribution in [2.24, 2.45) is 5.92 Å². The molecule has 3 nitrogen and oxygen atoms in total. The number of aliphatic hydroxyl groups is 1. The van der Waals surface area contributed by atoms with E-state index in [9.17, 15) is 9.90 Å². The van der Waals surface area contributed by atoms with Crippen LogP contribution in [0.1, 0.15) is 49.5 Å². The molecule has 1 amide bonds. The standard InChI is InChI=1S/C16H25NO2/c1-12(2)8-9-16(4,19)11-17-15(18)14-7-5-6-13(3)10-14/h5-7,10,12,19H,8-9,11H2,1-4H3,(H,17,18). The molecule has 1 aromatic carbocycles. The molecule has 2 N–H and O–H groups in total. The monoisotopic (exact) mass is 263 g/mol. The number of hydrogen-bond donors (Lipinski definition) is 2. The second-order valence-corrected chi connectivity index (χ2v) is 5.98. The smallest absolute Gasteiger partial charge is 0.251 e. The van der Waals surface area contributed by atoms with Gasteiger partial charge in [0.25, 0.3) is 5.91 Å². The molecule has 1 unspecified atom stereocenters. The topological polar surface area (TPSA) is 49.3 Å². The lowest BCUT2D eigenvalue weighted by Gasteiger charge is -2.24. The zero-order chi connectivity index (χ0) is 14.5. The van der Waals surface area contributed by atoms with E-state index in [0.717, 1.165) is 12.0 Å². The van der Waals surface area contributed by atoms with E-state index < -0.39 is 5.60 Å². The summed E-state index contributed by atoms with van der Waals surface area (Å²) in [6, 6.07) is 7.44. The van der Waals surface area contributed by atoms with Crippen molar-refractivity contribution in [1.29, 1.82) is 0 Å². The van der Waals surface area contributed by atoms with E-state index in [4.69, 9.17) is 0 Å². The number of nitrogens with one attached hydrogen (secondary N) is 1. The summed E-state index contributed by atoms with van der Waals surface area (Å²) in [6.45, 7) is 8.26. The quantitative estimate of drug-likeness (QED) is 0.829. The lowest BCUT2D eigenvalue weighted by Crippen LogP contribution is -2.40. The van der Waals surface area contributed by atoms with Crippen LogP contribution in [0.5, 0.6) is 0 Å². The molecule has 0 aliphatic heterocycles. The van der Waals surface area contributed by atoms with Crippen molar-refractivity contribution < 1.29 is 9.90 Å². The number of benzene rings is 1. The number of amides is 1. The van der Waals surface area contributed by atoms with Crippen LogP contribution < -0.4 is 5.32 Å². The third kappa shape index (κ3) is 5.88. The van der Waals surface area contributed by atoms with Gasteiger partial charge in [0.15, 0.2) is 0 Å². The van der Waals surface area contributed by atoms with Gasteiger partial charge in [0.1, 0.15) is 0 Å². The van der Waals surface area contributed by atoms with Crippen LogP contribution in [-0.4, -0.2) is 23.2 Å². The molecule has 0 radical (unpaired) electrons. The Balaban J connectivity index is 2.49. The number of carbonyl (C=O) groups is 1. The molecule has 0 spiro atoms. The maximum Gasteiger partial charge on any atom is 0.251 e. The maximum atomic E-state index is 12.0. The van der Waals surface area contributed by atoms with Crippen LogP contribution in [0, 0.1) is 12.8 Å². The van der Waals surface area contributed by atoms with Crippen molar-refractivity contribution in [2.75, 3.05) is 6.54 Å². The first-order valence-corrected chi connectivity index (χ1v) is 6.87. The predicted molar refractivity (Wildman–Crippen MR) is 78.2 cm³/mol. The molecule has 0 aromatic heterocycles. The van der Waals surface area contributed by atoms with Crippen molar-refractivity contribution in [3.63, 3.8) is 0 Å². The molecule has 0 fully saturated rings. The number of aryl methyl sites for hydroxylation is 1. The molecule has 0 heterocycles. The summed E-state index contributed by atoms with van der Waals surface area (Å²) < 4.78 is 0. The average Bonchev–Trinajstić information content (AvgIpc) is 2.34. The second kappa shape index (κ2) is 6.71. The minimum absolute atomic E-state index is 0.131. The average molecular weight is 263 g/mol. The molecule has 0 saturated carbocycles. The lowest BCUT2D eigenvalue weighted by atomic mass is 9.95. The van der Waals surface area contributed by atoms with Crippen LogP contribution >= 0.6 is 0 Å². The highest BCUT2D eigenvalue weighted by Gasteiger charge is 2.21. The third-order valence-corrected chi connectivity index (χ3v) is 3.17. The molecule has 3 heteroatoms. The Labute approximate surface area is 116 Å². The van der Waals surface area contributed by atoms with E-state index in [1.807, 2.05) is 25.1 Å². The second-order valence-electron chi connectivity index (χ2n) is 5.98. The first-order valence-electron chi connectivity index (χ1n) is 6.87. The molecule has 19 heavy (non-hydrogen) atoms. The largest absolute Gasteiger partial charge is 0.388 e. The summed E-state index contributed by atoms with van der Waals surface area (Å²) in [7, 11) is 0. The Morgan fingerprint density at radius 3 is 2.68 bits per heavy atom. The number of rotatable bonds is 6. The van der Waals surface area contributed by atoms with Gasteiger partial charge in [-0.25, -0.2) is 0 Å². The Morgan fingerprint density at radius 1 is 1.42 bits per heavy atom. The molecule has 1 atom stereocenters. The van der Waals surface area contributed by atoms with Gasteiger partial charge in [-0.1, -0.05) is 31.5 Å². The van der Waals surface area contributed by atoms with Gasteiger partial charge in [-0.15, -0.1) is 0 Å². The van der Waals surface area contributed by atoms with Gasteiger partial charge in [0, 0.05) is 12.1 Å². The summed E-state index contributed by atoms with van der Waals surface area (Å²) >= 11 is 0. The van der Waals surface area contributed by atoms with E-state index >= 15 is 0 Å². The summed E-state index contributed by atoms with van der Waals surface area (Å²) in [5.74, 6) is 0.424. The van der Waals surface area contributed by atoms with Crippen LogP contribution in [0.3, 0.4) is 0 Å². The molecular formula is C16H25NO2. The van der Waals surface area contributed by atoms with Crippen molar-refractivity contribution in [2.45, 2.75) is 46.1 Å². The fraction of sp³-hybridized carbons (Fsp3) is 0.562. The molecule has 0 aliphatic carbocycles. The van der Waals surface area contributed by atoms with Crippen LogP contribution in [0.25, 0.3) is 0 Å². The summed E-state index contributed by atoms with van der Waals surface area (Å²) in [5.41, 5.74) is 0.850. The van der Waals surface area contributed by atoms with E-state index in [1.54, 1.807) is 13.0 Å². The fourth-order valence-corrected chi connectivity index (χ4v) is 1.85. The predicted octanol–water partition coefficient (Wildman–Crippen LogP) is 2.91. The lowest BCUT2D eigenvalue weighted by molar-refractivity contribution is 0.0429. The van der Waals surface area contributed by atoms with Gasteiger partial charge in [0.05, 0.1) is 5.60 Å². The molecule has 0 saturated heterocycles. The minimum atomic E-state index is -0.843. The maximum absolute atomic E-state index is 12.0. The van der Waals surface area contributed by atoms with Crippen LogP contribution in [0.2, 0.25) is 0 Å². The normalized spacial score (nSPS) is 14.2. The van der Waals surface area contributed by atoms with Gasteiger partial charge in [-0.05, 0) is 44.7 Å². The van der Waals surface area contributed by atoms with Crippen LogP contribution in [0.15, 0.2) is 24.3 Å². The Kier molecular flexibility index (Phi) is 5.55. The zero-order valence-corrected chi connectivity index (χ0v) is 12.4. The first kappa shape index (κ1) is 15.7. The number of carbonyl (C=O) groups excluding carboxylic acids is 1. The number of hydrogen-bond acceptors (Lipinski definition) is 2. The van der Waals surface area contributed by atoms with Crippen LogP contribution in [0.4, 0.5) is 0 Å². The van der Waals surface area contributed by atoms with Crippen molar-refractivity contribution in [3.05, 3.63) is 35.4 Å². The van der Waals surface area contributed by atoms with Gasteiger partial charge in [-0.3, -0.25) is 4.79 Å². The molecule has 1 rings (SSSR count). The zero-order valence-electron chi connectivity index (χ0n) is 12.4. The molecule has 0 bridgehead atoms. The van der Waals surface area contributed by atoms with Gasteiger partial charge in [-0.2, -0.15) is 0 Å². The Bertz CT molecular complexity index is 425. The summed E-state index contributed by atoms with van der Waals surface area (Å²) in [4.78, 5) is 12.0. The summed E-state index contributed by atoms with van der Waals surface area (Å²) in [6.07, 6.45) is 1.64. The van der Waals surface area contributed by atoms with Crippen LogP contribution in [-0.2, 0) is 0 Å². The molecular weight excluding hydrogens is 238 g/mol. The van der Waals surface area contributed by atoms with Gasteiger partial charge in [0.2, 0.25) is 0 Å². The Morgan fingerprint density at radius 2 is 2.11 bits per heavy atom. The van der Waals surface area contributed by atoms with Gasteiger partial charge < -0.3 is 10.4 Å². The van der Waals surface area contributed by atoms with Crippen molar-refractivity contribution in [1.82, 2.24) is 5.32 Å². The van der Waals surface area contributed by atoms with E-state index in [1.165, 1.54) is 0 Å². The summed E-state index contributed by atoms with van der Waals surface area (Å²) in [5, 5.41) is 13.0. The molecule has 0 aliphatic rings. The van der Waals surface area contributed by atoms with E-state index in [0.29, 0.717) is 17.9 Å². The van der Waals surface area contributed by atoms with Crippen molar-refractivity contribution >= 4 is 5.91 Å². The highest BCUT2D eigenvalue weighted by molar-refractivity contribution is 5.94. The highest BCUT2D eigenvalue weighted by Crippen LogP contribution is 2.15. The fourth-order valence-electron chi connectivity index (χ4n) is 1.85. The van der Waals surface area contributed by atoms with E-state index in [2.05, 4.69) is 19.2 Å². The minimum Gasteiger partial charge on any atom is -0.388 e. The Hall–Kier alpha value is -1.35. The van der Waals surface area contributed by atoms with Gasteiger partial charge >= 0.3 is 0 Å². The highest BCUT2D eigenvalue weighted by atomic mass is 16.3. The third-order valence-electron chi connectivity index (χ3n) is 3.17.